The number of likely N-dealkylation sites (tertiary alicyclic amines) is 1. The van der Waals surface area contributed by atoms with Crippen molar-refractivity contribution in [2.75, 3.05) is 57.3 Å². The molecule has 1 aromatic carbocycles. The van der Waals surface area contributed by atoms with Gasteiger partial charge in [0.1, 0.15) is 0 Å². The minimum absolute atomic E-state index is 0.0960. The Bertz CT molecular complexity index is 584. The average molecular weight is 390 g/mol. The molecular formula is C22H39N5O. The van der Waals surface area contributed by atoms with Gasteiger partial charge in [0.15, 0.2) is 5.96 Å². The normalized spacial score (nSPS) is 16.2. The fourth-order valence-electron chi connectivity index (χ4n) is 3.57. The minimum atomic E-state index is -0.0960. The van der Waals surface area contributed by atoms with E-state index in [0.717, 1.165) is 77.6 Å². The highest BCUT2D eigenvalue weighted by Gasteiger charge is 2.15. The summed E-state index contributed by atoms with van der Waals surface area (Å²) in [7, 11) is 0. The summed E-state index contributed by atoms with van der Waals surface area (Å²) in [4.78, 5) is 9.54. The topological polar surface area (TPSA) is 63.1 Å². The second-order valence-electron chi connectivity index (χ2n) is 7.53. The second-order valence-corrected chi connectivity index (χ2v) is 7.53. The first kappa shape index (κ1) is 22.5. The Balaban J connectivity index is 1.72. The number of hydrogen-bond acceptors (Lipinski definition) is 4. The van der Waals surface area contributed by atoms with Crippen LogP contribution in [0.5, 0.6) is 0 Å². The average Bonchev–Trinajstić information content (AvgIpc) is 2.69. The van der Waals surface area contributed by atoms with Crippen molar-refractivity contribution in [3.63, 3.8) is 0 Å². The summed E-state index contributed by atoms with van der Waals surface area (Å²) in [6.45, 7) is 14.0. The molecule has 1 heterocycles. The highest BCUT2D eigenvalue weighted by molar-refractivity contribution is 5.79. The summed E-state index contributed by atoms with van der Waals surface area (Å²) in [5.41, 5.74) is 2.57. The number of hydrogen-bond donors (Lipinski definition) is 3. The first-order chi connectivity index (χ1) is 13.6. The van der Waals surface area contributed by atoms with Crippen molar-refractivity contribution in [2.45, 2.75) is 46.1 Å². The summed E-state index contributed by atoms with van der Waals surface area (Å²) < 4.78 is 0. The lowest BCUT2D eigenvalue weighted by atomic mass is 10.1. The number of rotatable bonds is 10. The molecule has 2 rings (SSSR count). The van der Waals surface area contributed by atoms with E-state index >= 15 is 0 Å². The molecule has 6 nitrogen and oxygen atoms in total. The Hall–Kier alpha value is -1.79. The molecule has 158 valence electrons. The molecule has 0 amide bonds. The lowest BCUT2D eigenvalue weighted by Gasteiger charge is -2.29. The van der Waals surface area contributed by atoms with Crippen molar-refractivity contribution in [3.8, 4) is 0 Å². The molecule has 1 aliphatic heterocycles. The van der Waals surface area contributed by atoms with Crippen molar-refractivity contribution in [1.29, 1.82) is 0 Å². The third-order valence-electron chi connectivity index (χ3n) is 5.23. The third-order valence-corrected chi connectivity index (χ3v) is 5.23. The highest BCUT2D eigenvalue weighted by Crippen LogP contribution is 2.15. The number of nitrogens with zero attached hydrogens (tertiary/aromatic N) is 3. The maximum absolute atomic E-state index is 9.59. The van der Waals surface area contributed by atoms with Crippen molar-refractivity contribution < 1.29 is 5.11 Å². The predicted octanol–water partition coefficient (Wildman–Crippen LogP) is 2.22. The van der Waals surface area contributed by atoms with E-state index in [0.29, 0.717) is 0 Å². The van der Waals surface area contributed by atoms with Crippen LogP contribution < -0.4 is 15.5 Å². The summed E-state index contributed by atoms with van der Waals surface area (Å²) in [6, 6.07) is 8.67. The highest BCUT2D eigenvalue weighted by atomic mass is 16.3. The molecule has 0 radical (unpaired) electrons. The molecule has 1 aromatic rings. The number of aliphatic hydroxyl groups is 1. The van der Waals surface area contributed by atoms with Gasteiger partial charge in [-0.15, -0.1) is 0 Å². The molecule has 0 atom stereocenters. The molecular weight excluding hydrogens is 350 g/mol. The number of aliphatic imine (C=N–C) groups is 1. The smallest absolute Gasteiger partial charge is 0.191 e. The van der Waals surface area contributed by atoms with Crippen molar-refractivity contribution in [2.24, 2.45) is 4.99 Å². The number of guanidine groups is 1. The zero-order valence-corrected chi connectivity index (χ0v) is 18.0. The van der Waals surface area contributed by atoms with Gasteiger partial charge in [0.25, 0.3) is 0 Å². The molecule has 0 saturated carbocycles. The summed E-state index contributed by atoms with van der Waals surface area (Å²) >= 11 is 0. The first-order valence-electron chi connectivity index (χ1n) is 10.9. The molecule has 0 aliphatic carbocycles. The van der Waals surface area contributed by atoms with Gasteiger partial charge in [0, 0.05) is 51.5 Å². The first-order valence-corrected chi connectivity index (χ1v) is 10.9. The molecule has 6 heteroatoms. The van der Waals surface area contributed by atoms with Crippen LogP contribution in [0, 0.1) is 6.92 Å². The van der Waals surface area contributed by atoms with Crippen molar-refractivity contribution in [1.82, 2.24) is 15.5 Å². The third kappa shape index (κ3) is 8.07. The number of anilines is 1. The maximum Gasteiger partial charge on any atom is 0.191 e. The van der Waals surface area contributed by atoms with E-state index in [1.165, 1.54) is 11.3 Å². The summed E-state index contributed by atoms with van der Waals surface area (Å²) in [5, 5.41) is 16.4. The Morgan fingerprint density at radius 1 is 1.25 bits per heavy atom. The number of aryl methyl sites for hydroxylation is 1. The van der Waals surface area contributed by atoms with Crippen LogP contribution in [-0.4, -0.2) is 74.4 Å². The molecule has 1 fully saturated rings. The van der Waals surface area contributed by atoms with Crippen molar-refractivity contribution in [3.05, 3.63) is 29.8 Å². The standard InChI is InChI=1S/C22H39N5O/c1-4-23-22(24-12-7-14-26-15-10-21(28)11-16-26)25-13-17-27(5-2)20-9-6-8-19(3)18-20/h6,8-9,18,21,28H,4-5,7,10-17H2,1-3H3,(H2,23,24,25). The van der Waals surface area contributed by atoms with E-state index in [1.807, 2.05) is 0 Å². The molecule has 0 unspecified atom stereocenters. The van der Waals surface area contributed by atoms with Gasteiger partial charge in [0.05, 0.1) is 6.10 Å². The largest absolute Gasteiger partial charge is 0.393 e. The molecule has 1 aliphatic rings. The van der Waals surface area contributed by atoms with E-state index in [-0.39, 0.29) is 6.10 Å². The van der Waals surface area contributed by atoms with E-state index in [2.05, 4.69) is 65.5 Å². The van der Waals surface area contributed by atoms with Gasteiger partial charge in [-0.25, -0.2) is 0 Å². The lowest BCUT2D eigenvalue weighted by molar-refractivity contribution is 0.0824. The van der Waals surface area contributed by atoms with Crippen LogP contribution in [0.1, 0.15) is 38.7 Å². The van der Waals surface area contributed by atoms with Crippen LogP contribution in [0.3, 0.4) is 0 Å². The summed E-state index contributed by atoms with van der Waals surface area (Å²) in [6.07, 6.45) is 2.77. The fraction of sp³-hybridized carbons (Fsp3) is 0.682. The van der Waals surface area contributed by atoms with Crippen LogP contribution in [0.15, 0.2) is 29.3 Å². The quantitative estimate of drug-likeness (QED) is 0.325. The Kier molecular flexibility index (Phi) is 10.1. The SMILES string of the molecule is CCNC(=NCCCN1CCC(O)CC1)NCCN(CC)c1cccc(C)c1. The molecule has 0 aromatic heterocycles. The zero-order chi connectivity index (χ0) is 20.2. The zero-order valence-electron chi connectivity index (χ0n) is 18.0. The van der Waals surface area contributed by atoms with E-state index < -0.39 is 0 Å². The van der Waals surface area contributed by atoms with Crippen LogP contribution in [0.4, 0.5) is 5.69 Å². The molecule has 1 saturated heterocycles. The van der Waals surface area contributed by atoms with Crippen molar-refractivity contribution >= 4 is 11.6 Å². The lowest BCUT2D eigenvalue weighted by Crippen LogP contribution is -2.42. The van der Waals surface area contributed by atoms with Gasteiger partial charge in [-0.05, 0) is 64.3 Å². The van der Waals surface area contributed by atoms with Gasteiger partial charge < -0.3 is 25.5 Å². The van der Waals surface area contributed by atoms with Crippen LogP contribution in [0.25, 0.3) is 0 Å². The number of piperidine rings is 1. The summed E-state index contributed by atoms with van der Waals surface area (Å²) in [5.74, 6) is 0.900. The Morgan fingerprint density at radius 2 is 2.04 bits per heavy atom. The minimum Gasteiger partial charge on any atom is -0.393 e. The predicted molar refractivity (Wildman–Crippen MR) is 119 cm³/mol. The van der Waals surface area contributed by atoms with Crippen LogP contribution >= 0.6 is 0 Å². The molecule has 28 heavy (non-hydrogen) atoms. The van der Waals surface area contributed by atoms with E-state index in [1.54, 1.807) is 0 Å². The maximum atomic E-state index is 9.59. The number of nitrogens with one attached hydrogen (secondary N) is 2. The number of benzene rings is 1. The number of likely N-dealkylation sites (N-methyl/N-ethyl adjacent to an activating group) is 1. The van der Waals surface area contributed by atoms with Crippen LogP contribution in [0.2, 0.25) is 0 Å². The van der Waals surface area contributed by atoms with Gasteiger partial charge in [-0.3, -0.25) is 4.99 Å². The molecule has 3 N–H and O–H groups in total. The molecule has 0 bridgehead atoms. The van der Waals surface area contributed by atoms with Gasteiger partial charge in [-0.2, -0.15) is 0 Å². The monoisotopic (exact) mass is 389 g/mol. The van der Waals surface area contributed by atoms with Crippen LogP contribution in [-0.2, 0) is 0 Å². The van der Waals surface area contributed by atoms with Gasteiger partial charge in [-0.1, -0.05) is 12.1 Å². The van der Waals surface area contributed by atoms with Gasteiger partial charge >= 0.3 is 0 Å². The fourth-order valence-corrected chi connectivity index (χ4v) is 3.57. The second kappa shape index (κ2) is 12.6. The van der Waals surface area contributed by atoms with E-state index in [9.17, 15) is 5.11 Å². The number of aliphatic hydroxyl groups excluding tert-OH is 1. The van der Waals surface area contributed by atoms with Gasteiger partial charge in [0.2, 0.25) is 0 Å². The van der Waals surface area contributed by atoms with E-state index in [4.69, 9.17) is 4.99 Å². The Morgan fingerprint density at radius 3 is 2.71 bits per heavy atom. The Labute approximate surface area is 171 Å². The molecule has 0 spiro atoms.